The Kier molecular flexibility index (Phi) is 6.62. The van der Waals surface area contributed by atoms with Gasteiger partial charge in [0.2, 0.25) is 11.0 Å². The Morgan fingerprint density at radius 1 is 1.11 bits per heavy atom. The molecule has 0 aliphatic heterocycles. The van der Waals surface area contributed by atoms with Crippen molar-refractivity contribution in [3.8, 4) is 0 Å². The van der Waals surface area contributed by atoms with Crippen LogP contribution < -0.4 is 10.6 Å². The number of aryl methyl sites for hydroxylation is 1. The molecule has 1 aromatic heterocycles. The Balaban J connectivity index is 1.49. The van der Waals surface area contributed by atoms with Crippen LogP contribution in [0.4, 0.5) is 16.5 Å². The van der Waals surface area contributed by atoms with Crippen LogP contribution in [0.1, 0.15) is 15.9 Å². The van der Waals surface area contributed by atoms with E-state index in [1.54, 1.807) is 24.3 Å². The monoisotopic (exact) mass is 414 g/mol. The maximum atomic E-state index is 12.1. The molecule has 1 heterocycles. The molecule has 0 aliphatic rings. The van der Waals surface area contributed by atoms with Crippen LogP contribution in [-0.4, -0.2) is 34.9 Å². The molecule has 0 unspecified atom stereocenters. The Bertz CT molecular complexity index is 973. The number of hydrogen-bond donors (Lipinski definition) is 2. The molecule has 3 aromatic rings. The lowest BCUT2D eigenvalue weighted by molar-refractivity contribution is -0.113. The predicted molar refractivity (Wildman–Crippen MR) is 112 cm³/mol. The molecule has 144 valence electrons. The van der Waals surface area contributed by atoms with Crippen molar-refractivity contribution in [1.29, 1.82) is 0 Å². The van der Waals surface area contributed by atoms with E-state index < -0.39 is 5.97 Å². The number of carbonyl (C=O) groups is 2. The summed E-state index contributed by atoms with van der Waals surface area (Å²) in [6.45, 7) is 2.02. The number of esters is 1. The second kappa shape index (κ2) is 9.34. The Morgan fingerprint density at radius 3 is 2.61 bits per heavy atom. The van der Waals surface area contributed by atoms with Gasteiger partial charge in [0.1, 0.15) is 0 Å². The molecule has 2 aromatic carbocycles. The highest BCUT2D eigenvalue weighted by Crippen LogP contribution is 2.28. The van der Waals surface area contributed by atoms with Gasteiger partial charge in [-0.15, -0.1) is 10.2 Å². The molecular weight excluding hydrogens is 396 g/mol. The summed E-state index contributed by atoms with van der Waals surface area (Å²) < 4.78 is 5.34. The zero-order chi connectivity index (χ0) is 19.9. The Morgan fingerprint density at radius 2 is 1.89 bits per heavy atom. The summed E-state index contributed by atoms with van der Waals surface area (Å²) >= 11 is 2.70. The first kappa shape index (κ1) is 19.8. The molecule has 0 atom stereocenters. The third-order valence-corrected chi connectivity index (χ3v) is 5.56. The highest BCUT2D eigenvalue weighted by atomic mass is 32.2. The number of nitrogens with one attached hydrogen (secondary N) is 2. The van der Waals surface area contributed by atoms with Crippen LogP contribution in [0.25, 0.3) is 0 Å². The van der Waals surface area contributed by atoms with Crippen LogP contribution in [0.5, 0.6) is 0 Å². The molecule has 3 rings (SSSR count). The first-order valence-electron chi connectivity index (χ1n) is 8.32. The number of ether oxygens (including phenoxy) is 1. The molecule has 0 saturated heterocycles. The number of anilines is 3. The summed E-state index contributed by atoms with van der Waals surface area (Å²) in [6.07, 6.45) is 0. The fraction of sp³-hybridized carbons (Fsp3) is 0.158. The summed E-state index contributed by atoms with van der Waals surface area (Å²) in [4.78, 5) is 23.5. The first-order chi connectivity index (χ1) is 13.5. The second-order valence-electron chi connectivity index (χ2n) is 5.77. The number of rotatable bonds is 7. The van der Waals surface area contributed by atoms with E-state index >= 15 is 0 Å². The highest BCUT2D eigenvalue weighted by molar-refractivity contribution is 8.01. The van der Waals surface area contributed by atoms with E-state index in [1.807, 2.05) is 31.2 Å². The predicted octanol–water partition coefficient (Wildman–Crippen LogP) is 4.11. The van der Waals surface area contributed by atoms with Crippen LogP contribution in [-0.2, 0) is 9.53 Å². The minimum atomic E-state index is -0.417. The average Bonchev–Trinajstić information content (AvgIpc) is 3.14. The number of nitrogens with zero attached hydrogens (tertiary/aromatic N) is 2. The minimum Gasteiger partial charge on any atom is -0.465 e. The van der Waals surface area contributed by atoms with Crippen molar-refractivity contribution in [2.75, 3.05) is 23.5 Å². The van der Waals surface area contributed by atoms with Gasteiger partial charge in [0.25, 0.3) is 0 Å². The fourth-order valence-corrected chi connectivity index (χ4v) is 3.87. The van der Waals surface area contributed by atoms with E-state index in [9.17, 15) is 9.59 Å². The first-order valence-corrected chi connectivity index (χ1v) is 10.1. The number of carbonyl (C=O) groups excluding carboxylic acids is 2. The SMILES string of the molecule is COC(=O)c1ccc(NC(=O)CSc2nnc(Nc3cccc(C)c3)s2)cc1. The summed E-state index contributed by atoms with van der Waals surface area (Å²) in [6, 6.07) is 14.5. The topological polar surface area (TPSA) is 93.2 Å². The van der Waals surface area contributed by atoms with E-state index in [0.29, 0.717) is 20.7 Å². The van der Waals surface area contributed by atoms with Gasteiger partial charge in [0.05, 0.1) is 18.4 Å². The van der Waals surface area contributed by atoms with Crippen molar-refractivity contribution in [3.63, 3.8) is 0 Å². The van der Waals surface area contributed by atoms with E-state index in [4.69, 9.17) is 0 Å². The van der Waals surface area contributed by atoms with Crippen molar-refractivity contribution in [2.45, 2.75) is 11.3 Å². The standard InChI is InChI=1S/C19H18N4O3S2/c1-12-4-3-5-15(10-12)21-18-22-23-19(28-18)27-11-16(24)20-14-8-6-13(7-9-14)17(25)26-2/h3-10H,11H2,1-2H3,(H,20,24)(H,21,22). The lowest BCUT2D eigenvalue weighted by atomic mass is 10.2. The molecule has 2 N–H and O–H groups in total. The molecule has 1 amide bonds. The van der Waals surface area contributed by atoms with Gasteiger partial charge >= 0.3 is 5.97 Å². The van der Waals surface area contributed by atoms with Gasteiger partial charge in [-0.05, 0) is 48.9 Å². The third kappa shape index (κ3) is 5.54. The molecule has 7 nitrogen and oxygen atoms in total. The smallest absolute Gasteiger partial charge is 0.337 e. The van der Waals surface area contributed by atoms with Gasteiger partial charge in [-0.1, -0.05) is 35.2 Å². The van der Waals surface area contributed by atoms with Crippen molar-refractivity contribution < 1.29 is 14.3 Å². The van der Waals surface area contributed by atoms with Gasteiger partial charge in [0, 0.05) is 11.4 Å². The Hall–Kier alpha value is -2.91. The van der Waals surface area contributed by atoms with Gasteiger partial charge in [-0.3, -0.25) is 4.79 Å². The average molecular weight is 415 g/mol. The molecule has 28 heavy (non-hydrogen) atoms. The van der Waals surface area contributed by atoms with Crippen LogP contribution in [0.15, 0.2) is 52.9 Å². The van der Waals surface area contributed by atoms with E-state index in [0.717, 1.165) is 11.3 Å². The van der Waals surface area contributed by atoms with Crippen LogP contribution >= 0.6 is 23.1 Å². The van der Waals surface area contributed by atoms with Crippen LogP contribution in [0.3, 0.4) is 0 Å². The molecule has 0 radical (unpaired) electrons. The quantitative estimate of drug-likeness (QED) is 0.444. The third-order valence-electron chi connectivity index (χ3n) is 3.59. The zero-order valence-electron chi connectivity index (χ0n) is 15.3. The molecular formula is C19H18N4O3S2. The van der Waals surface area contributed by atoms with Crippen molar-refractivity contribution in [3.05, 3.63) is 59.7 Å². The summed E-state index contributed by atoms with van der Waals surface area (Å²) in [5.74, 6) is -0.378. The molecule has 0 saturated carbocycles. The van der Waals surface area contributed by atoms with E-state index in [2.05, 4.69) is 25.6 Å². The van der Waals surface area contributed by atoms with Crippen molar-refractivity contribution >= 4 is 51.5 Å². The highest BCUT2D eigenvalue weighted by Gasteiger charge is 2.10. The molecule has 0 bridgehead atoms. The van der Waals surface area contributed by atoms with Gasteiger partial charge in [-0.2, -0.15) is 0 Å². The number of benzene rings is 2. The number of thioether (sulfide) groups is 1. The molecule has 0 spiro atoms. The number of methoxy groups -OCH3 is 1. The summed E-state index contributed by atoms with van der Waals surface area (Å²) in [5.41, 5.74) is 3.14. The maximum Gasteiger partial charge on any atom is 0.337 e. The number of amides is 1. The van der Waals surface area contributed by atoms with Crippen molar-refractivity contribution in [1.82, 2.24) is 10.2 Å². The van der Waals surface area contributed by atoms with Crippen molar-refractivity contribution in [2.24, 2.45) is 0 Å². The molecule has 0 aliphatic carbocycles. The number of aromatic nitrogens is 2. The minimum absolute atomic E-state index is 0.167. The fourth-order valence-electron chi connectivity index (χ4n) is 2.30. The van der Waals surface area contributed by atoms with Crippen LogP contribution in [0, 0.1) is 6.92 Å². The number of hydrogen-bond acceptors (Lipinski definition) is 8. The van der Waals surface area contributed by atoms with Gasteiger partial charge in [-0.25, -0.2) is 4.79 Å². The van der Waals surface area contributed by atoms with Gasteiger partial charge < -0.3 is 15.4 Å². The maximum absolute atomic E-state index is 12.1. The normalized spacial score (nSPS) is 10.4. The summed E-state index contributed by atoms with van der Waals surface area (Å²) in [7, 11) is 1.32. The summed E-state index contributed by atoms with van der Waals surface area (Å²) in [5, 5.41) is 14.8. The van der Waals surface area contributed by atoms with E-state index in [-0.39, 0.29) is 11.7 Å². The second-order valence-corrected chi connectivity index (χ2v) is 7.97. The van der Waals surface area contributed by atoms with E-state index in [1.165, 1.54) is 30.2 Å². The molecule has 0 fully saturated rings. The lowest BCUT2D eigenvalue weighted by Crippen LogP contribution is -2.14. The Labute approximate surface area is 170 Å². The zero-order valence-corrected chi connectivity index (χ0v) is 16.9. The molecule has 9 heteroatoms. The van der Waals surface area contributed by atoms with Crippen LogP contribution in [0.2, 0.25) is 0 Å². The lowest BCUT2D eigenvalue weighted by Gasteiger charge is -2.05. The van der Waals surface area contributed by atoms with Gasteiger partial charge in [0.15, 0.2) is 4.34 Å². The largest absolute Gasteiger partial charge is 0.465 e.